The average molecular weight is 331 g/mol. The van der Waals surface area contributed by atoms with Gasteiger partial charge in [-0.05, 0) is 19.1 Å². The fourth-order valence-corrected chi connectivity index (χ4v) is 2.59. The van der Waals surface area contributed by atoms with Gasteiger partial charge < -0.3 is 24.3 Å². The van der Waals surface area contributed by atoms with E-state index in [0.717, 1.165) is 5.75 Å². The highest BCUT2D eigenvalue weighted by molar-refractivity contribution is 5.74. The van der Waals surface area contributed by atoms with Crippen molar-refractivity contribution in [2.45, 2.75) is 19.1 Å². The van der Waals surface area contributed by atoms with Crippen molar-refractivity contribution in [3.8, 4) is 11.5 Å². The number of hydrogen-bond acceptors (Lipinski definition) is 5. The molecule has 2 heterocycles. The molecule has 2 amide bonds. The van der Waals surface area contributed by atoms with Crippen molar-refractivity contribution in [1.29, 1.82) is 0 Å². The molecule has 0 saturated heterocycles. The summed E-state index contributed by atoms with van der Waals surface area (Å²) in [7, 11) is 3.56. The molecule has 1 N–H and O–H groups in total. The summed E-state index contributed by atoms with van der Waals surface area (Å²) in [4.78, 5) is 13.9. The maximum atomic E-state index is 12.3. The zero-order valence-corrected chi connectivity index (χ0v) is 14.0. The predicted octanol–water partition coefficient (Wildman–Crippen LogP) is 1.36. The molecular weight excluding hydrogens is 310 g/mol. The van der Waals surface area contributed by atoms with Gasteiger partial charge in [-0.2, -0.15) is 0 Å². The molecule has 0 saturated carbocycles. The van der Waals surface area contributed by atoms with Crippen molar-refractivity contribution in [3.63, 3.8) is 0 Å². The normalized spacial score (nSPS) is 17.2. The van der Waals surface area contributed by atoms with E-state index in [-0.39, 0.29) is 18.2 Å². The van der Waals surface area contributed by atoms with Gasteiger partial charge in [0.05, 0.1) is 12.6 Å². The lowest BCUT2D eigenvalue weighted by Crippen LogP contribution is -2.46. The Hall–Kier alpha value is -2.77. The highest BCUT2D eigenvalue weighted by Gasteiger charge is 2.24. The lowest BCUT2D eigenvalue weighted by Gasteiger charge is -2.30. The molecule has 1 aromatic carbocycles. The molecule has 128 valence electrons. The number of carbonyl (C=O) groups is 1. The van der Waals surface area contributed by atoms with Gasteiger partial charge in [0.25, 0.3) is 0 Å². The number of ether oxygens (including phenoxy) is 2. The van der Waals surface area contributed by atoms with Crippen molar-refractivity contribution in [1.82, 2.24) is 25.0 Å². The Labute approximate surface area is 140 Å². The second-order valence-corrected chi connectivity index (χ2v) is 5.85. The van der Waals surface area contributed by atoms with Crippen LogP contribution < -0.4 is 14.8 Å². The Morgan fingerprint density at radius 2 is 2.21 bits per heavy atom. The first-order chi connectivity index (χ1) is 11.5. The third-order valence-electron chi connectivity index (χ3n) is 3.87. The van der Waals surface area contributed by atoms with Crippen LogP contribution in [-0.2, 0) is 7.05 Å². The van der Waals surface area contributed by atoms with Crippen LogP contribution in [-0.4, -0.2) is 52.0 Å². The third kappa shape index (κ3) is 3.42. The van der Waals surface area contributed by atoms with Crippen LogP contribution in [0.5, 0.6) is 11.5 Å². The number of likely N-dealkylation sites (N-methyl/N-ethyl adjacent to an activating group) is 1. The quantitative estimate of drug-likeness (QED) is 0.915. The van der Waals surface area contributed by atoms with E-state index < -0.39 is 0 Å². The van der Waals surface area contributed by atoms with Gasteiger partial charge in [-0.3, -0.25) is 0 Å². The van der Waals surface area contributed by atoms with Crippen LogP contribution in [0.1, 0.15) is 18.8 Å². The average Bonchev–Trinajstić information content (AvgIpc) is 3.00. The smallest absolute Gasteiger partial charge is 0.317 e. The molecule has 0 bridgehead atoms. The van der Waals surface area contributed by atoms with E-state index >= 15 is 0 Å². The molecule has 24 heavy (non-hydrogen) atoms. The van der Waals surface area contributed by atoms with Crippen LogP contribution in [0.3, 0.4) is 0 Å². The first kappa shape index (κ1) is 16.1. The van der Waals surface area contributed by atoms with Gasteiger partial charge in [-0.25, -0.2) is 4.79 Å². The first-order valence-corrected chi connectivity index (χ1v) is 7.78. The zero-order valence-electron chi connectivity index (χ0n) is 14.0. The van der Waals surface area contributed by atoms with E-state index in [0.29, 0.717) is 24.7 Å². The summed E-state index contributed by atoms with van der Waals surface area (Å²) in [6.45, 7) is 2.70. The van der Waals surface area contributed by atoms with Gasteiger partial charge in [0, 0.05) is 14.1 Å². The summed E-state index contributed by atoms with van der Waals surface area (Å²) in [6.07, 6.45) is 1.40. The molecule has 0 fully saturated rings. The molecule has 0 radical (unpaired) electrons. The number of aryl methyl sites for hydroxylation is 1. The van der Waals surface area contributed by atoms with Crippen LogP contribution >= 0.6 is 0 Å². The van der Waals surface area contributed by atoms with Gasteiger partial charge in [-0.15, -0.1) is 10.2 Å². The van der Waals surface area contributed by atoms with Gasteiger partial charge in [0.15, 0.2) is 23.4 Å². The number of amides is 2. The molecule has 1 aliphatic rings. The number of benzene rings is 1. The van der Waals surface area contributed by atoms with E-state index in [4.69, 9.17) is 9.47 Å². The number of aromatic nitrogens is 3. The van der Waals surface area contributed by atoms with Crippen molar-refractivity contribution < 1.29 is 14.3 Å². The SMILES string of the molecule is C[C@@H](NC(=O)N(C)C[C@@H]1COc2ccccc2O1)c1nncn1C. The maximum absolute atomic E-state index is 12.3. The lowest BCUT2D eigenvalue weighted by molar-refractivity contribution is 0.0712. The van der Waals surface area contributed by atoms with Gasteiger partial charge in [-0.1, -0.05) is 12.1 Å². The lowest BCUT2D eigenvalue weighted by atomic mass is 10.2. The predicted molar refractivity (Wildman–Crippen MR) is 86.9 cm³/mol. The fourth-order valence-electron chi connectivity index (χ4n) is 2.59. The minimum Gasteiger partial charge on any atom is -0.486 e. The maximum Gasteiger partial charge on any atom is 0.317 e. The molecule has 8 heteroatoms. The second kappa shape index (κ2) is 6.77. The number of para-hydroxylation sites is 2. The molecule has 0 aliphatic carbocycles. The van der Waals surface area contributed by atoms with Gasteiger partial charge in [0.1, 0.15) is 12.9 Å². The zero-order chi connectivity index (χ0) is 17.1. The summed E-state index contributed by atoms with van der Waals surface area (Å²) < 4.78 is 13.3. The summed E-state index contributed by atoms with van der Waals surface area (Å²) in [5.41, 5.74) is 0. The second-order valence-electron chi connectivity index (χ2n) is 5.85. The number of fused-ring (bicyclic) bond motifs is 1. The Morgan fingerprint density at radius 1 is 1.46 bits per heavy atom. The highest BCUT2D eigenvalue weighted by atomic mass is 16.6. The molecule has 8 nitrogen and oxygen atoms in total. The summed E-state index contributed by atoms with van der Waals surface area (Å²) in [6, 6.07) is 7.08. The van der Waals surface area contributed by atoms with Crippen molar-refractivity contribution in [2.75, 3.05) is 20.2 Å². The van der Waals surface area contributed by atoms with E-state index in [1.807, 2.05) is 38.2 Å². The minimum atomic E-state index is -0.239. The van der Waals surface area contributed by atoms with Gasteiger partial charge in [0.2, 0.25) is 0 Å². The number of hydrogen-bond donors (Lipinski definition) is 1. The Balaban J connectivity index is 1.54. The van der Waals surface area contributed by atoms with Gasteiger partial charge >= 0.3 is 6.03 Å². The Morgan fingerprint density at radius 3 is 2.92 bits per heavy atom. The number of carbonyl (C=O) groups excluding carboxylic acids is 1. The first-order valence-electron chi connectivity index (χ1n) is 7.78. The Bertz CT molecular complexity index is 717. The van der Waals surface area contributed by atoms with E-state index in [2.05, 4.69) is 15.5 Å². The van der Waals surface area contributed by atoms with Crippen molar-refractivity contribution in [2.24, 2.45) is 7.05 Å². The molecule has 1 aliphatic heterocycles. The number of rotatable bonds is 4. The van der Waals surface area contributed by atoms with Crippen molar-refractivity contribution in [3.05, 3.63) is 36.4 Å². The number of urea groups is 1. The van der Waals surface area contributed by atoms with Crippen LogP contribution in [0.4, 0.5) is 4.79 Å². The van der Waals surface area contributed by atoms with Crippen LogP contribution in [0, 0.1) is 0 Å². The van der Waals surface area contributed by atoms with E-state index in [9.17, 15) is 4.79 Å². The van der Waals surface area contributed by atoms with Crippen LogP contribution in [0.25, 0.3) is 0 Å². The summed E-state index contributed by atoms with van der Waals surface area (Å²) in [5.74, 6) is 2.13. The van der Waals surface area contributed by atoms with Crippen LogP contribution in [0.2, 0.25) is 0 Å². The molecule has 0 unspecified atom stereocenters. The molecule has 2 atom stereocenters. The molecule has 1 aromatic heterocycles. The standard InChI is InChI=1S/C16H21N5O3/c1-11(15-19-17-10-21(15)3)18-16(22)20(2)8-12-9-23-13-6-4-5-7-14(13)24-12/h4-7,10-12H,8-9H2,1-3H3,(H,18,22)/t11-,12-/m1/s1. The summed E-state index contributed by atoms with van der Waals surface area (Å²) >= 11 is 0. The fraction of sp³-hybridized carbons (Fsp3) is 0.438. The number of nitrogens with zero attached hydrogens (tertiary/aromatic N) is 4. The Kier molecular flexibility index (Phi) is 4.54. The molecule has 2 aromatic rings. The number of nitrogens with one attached hydrogen (secondary N) is 1. The molecule has 3 rings (SSSR count). The third-order valence-corrected chi connectivity index (χ3v) is 3.87. The highest BCUT2D eigenvalue weighted by Crippen LogP contribution is 2.30. The monoisotopic (exact) mass is 331 g/mol. The minimum absolute atomic E-state index is 0.201. The van der Waals surface area contributed by atoms with Crippen LogP contribution in [0.15, 0.2) is 30.6 Å². The molecule has 0 spiro atoms. The largest absolute Gasteiger partial charge is 0.486 e. The molecular formula is C16H21N5O3. The van der Waals surface area contributed by atoms with E-state index in [1.54, 1.807) is 22.8 Å². The van der Waals surface area contributed by atoms with Crippen molar-refractivity contribution >= 4 is 6.03 Å². The summed E-state index contributed by atoms with van der Waals surface area (Å²) in [5, 5.41) is 10.7. The van der Waals surface area contributed by atoms with E-state index in [1.165, 1.54) is 0 Å². The topological polar surface area (TPSA) is 81.5 Å².